The molecular weight excluding hydrogens is 401 g/mol. The molecule has 1 aromatic heterocycles. The number of halogens is 1. The summed E-state index contributed by atoms with van der Waals surface area (Å²) in [4.78, 5) is 13.3. The van der Waals surface area contributed by atoms with E-state index in [4.69, 9.17) is 0 Å². The van der Waals surface area contributed by atoms with Gasteiger partial charge in [0.25, 0.3) is 0 Å². The molecule has 0 saturated carbocycles. The maximum Gasteiger partial charge on any atom is 0.240 e. The summed E-state index contributed by atoms with van der Waals surface area (Å²) in [7, 11) is 0. The second-order valence-corrected chi connectivity index (χ2v) is 8.66. The molecule has 2 atom stereocenters. The smallest absolute Gasteiger partial charge is 0.240 e. The number of aryl methyl sites for hydroxylation is 3. The highest BCUT2D eigenvalue weighted by Crippen LogP contribution is 2.37. The van der Waals surface area contributed by atoms with Crippen LogP contribution in [0.2, 0.25) is 0 Å². The summed E-state index contributed by atoms with van der Waals surface area (Å²) in [5, 5.41) is 11.7. The van der Waals surface area contributed by atoms with Crippen molar-refractivity contribution in [2.24, 2.45) is 0 Å². The highest BCUT2D eigenvalue weighted by atomic mass is 32.2. The van der Waals surface area contributed by atoms with Crippen LogP contribution in [0.1, 0.15) is 41.9 Å². The van der Waals surface area contributed by atoms with Crippen LogP contribution in [-0.2, 0) is 11.2 Å². The molecule has 2 heterocycles. The minimum Gasteiger partial charge on any atom is -0.325 e. The Morgan fingerprint density at radius 1 is 1.17 bits per heavy atom. The van der Waals surface area contributed by atoms with E-state index in [-0.39, 0.29) is 17.8 Å². The Hall–Kier alpha value is -2.87. The number of benzene rings is 2. The van der Waals surface area contributed by atoms with Crippen molar-refractivity contribution in [1.29, 1.82) is 0 Å². The van der Waals surface area contributed by atoms with Crippen LogP contribution in [0.5, 0.6) is 0 Å². The summed E-state index contributed by atoms with van der Waals surface area (Å²) >= 11 is 1.37. The number of carbonyl (C=O) groups excluding carboxylic acids is 1. The molecule has 2 N–H and O–H groups in total. The highest BCUT2D eigenvalue weighted by molar-refractivity contribution is 8.00. The summed E-state index contributed by atoms with van der Waals surface area (Å²) in [6, 6.07) is 11.8. The van der Waals surface area contributed by atoms with Gasteiger partial charge in [0.05, 0.1) is 6.04 Å². The second kappa shape index (κ2) is 8.47. The Morgan fingerprint density at radius 2 is 1.87 bits per heavy atom. The summed E-state index contributed by atoms with van der Waals surface area (Å²) in [6.07, 6.45) is 1.71. The lowest BCUT2D eigenvalue weighted by Gasteiger charge is -2.33. The first-order valence-electron chi connectivity index (χ1n) is 9.96. The lowest BCUT2D eigenvalue weighted by atomic mass is 10.0. The van der Waals surface area contributed by atoms with Crippen LogP contribution in [0.4, 0.5) is 10.1 Å². The van der Waals surface area contributed by atoms with Gasteiger partial charge in [-0.2, -0.15) is 0 Å². The van der Waals surface area contributed by atoms with Gasteiger partial charge in [-0.05, 0) is 61.2 Å². The van der Waals surface area contributed by atoms with Gasteiger partial charge in [0.15, 0.2) is 5.82 Å². The van der Waals surface area contributed by atoms with E-state index in [0.29, 0.717) is 5.16 Å². The van der Waals surface area contributed by atoms with Gasteiger partial charge >= 0.3 is 0 Å². The Labute approximate surface area is 179 Å². The fraction of sp³-hybridized carbons (Fsp3) is 0.318. The predicted octanol–water partition coefficient (Wildman–Crippen LogP) is 4.38. The molecule has 30 heavy (non-hydrogen) atoms. The summed E-state index contributed by atoms with van der Waals surface area (Å²) in [5.74, 6) is 0.369. The largest absolute Gasteiger partial charge is 0.325 e. The van der Waals surface area contributed by atoms with E-state index in [0.717, 1.165) is 41.0 Å². The predicted molar refractivity (Wildman–Crippen MR) is 117 cm³/mol. The Kier molecular flexibility index (Phi) is 5.76. The van der Waals surface area contributed by atoms with Crippen LogP contribution >= 0.6 is 11.8 Å². The SMILES string of the molecule is CCCc1nnc2n1N[C@@H](c1ccc(F)cc1)[C@@H](C(=O)Nc1cc(C)cc(C)c1)S2. The molecule has 8 heteroatoms. The third kappa shape index (κ3) is 4.18. The third-order valence-corrected chi connectivity index (χ3v) is 6.17. The van der Waals surface area contributed by atoms with E-state index in [2.05, 4.69) is 33.9 Å². The van der Waals surface area contributed by atoms with Crippen LogP contribution in [0.3, 0.4) is 0 Å². The van der Waals surface area contributed by atoms with E-state index in [1.165, 1.54) is 23.9 Å². The highest BCUT2D eigenvalue weighted by Gasteiger charge is 2.37. The summed E-state index contributed by atoms with van der Waals surface area (Å²) in [5.41, 5.74) is 7.14. The molecule has 0 radical (unpaired) electrons. The molecule has 2 aromatic carbocycles. The van der Waals surface area contributed by atoms with Gasteiger partial charge in [-0.3, -0.25) is 4.79 Å². The van der Waals surface area contributed by atoms with Gasteiger partial charge in [-0.15, -0.1) is 10.2 Å². The molecular formula is C22H24FN5OS. The zero-order valence-electron chi connectivity index (χ0n) is 17.1. The van der Waals surface area contributed by atoms with Gasteiger partial charge in [0, 0.05) is 12.1 Å². The number of amides is 1. The van der Waals surface area contributed by atoms with E-state index in [9.17, 15) is 9.18 Å². The number of carbonyl (C=O) groups is 1. The first-order chi connectivity index (χ1) is 14.4. The molecule has 0 unspecified atom stereocenters. The Bertz CT molecular complexity index is 1050. The number of hydrogen-bond donors (Lipinski definition) is 2. The molecule has 0 aliphatic carbocycles. The first kappa shape index (κ1) is 20.4. The van der Waals surface area contributed by atoms with Gasteiger partial charge < -0.3 is 10.7 Å². The number of nitrogens with zero attached hydrogens (tertiary/aromatic N) is 3. The second-order valence-electron chi connectivity index (χ2n) is 7.55. The van der Waals surface area contributed by atoms with E-state index < -0.39 is 5.25 Å². The summed E-state index contributed by atoms with van der Waals surface area (Å²) in [6.45, 7) is 6.08. The molecule has 1 aliphatic rings. The van der Waals surface area contributed by atoms with Gasteiger partial charge in [0.2, 0.25) is 11.1 Å². The number of fused-ring (bicyclic) bond motifs is 1. The van der Waals surface area contributed by atoms with Crippen molar-refractivity contribution in [3.63, 3.8) is 0 Å². The van der Waals surface area contributed by atoms with Crippen molar-refractivity contribution in [2.45, 2.75) is 50.1 Å². The molecule has 6 nitrogen and oxygen atoms in total. The van der Waals surface area contributed by atoms with Crippen molar-refractivity contribution in [3.8, 4) is 0 Å². The fourth-order valence-corrected chi connectivity index (χ4v) is 4.76. The molecule has 1 aliphatic heterocycles. The zero-order valence-corrected chi connectivity index (χ0v) is 18.0. The number of hydrogen-bond acceptors (Lipinski definition) is 5. The lowest BCUT2D eigenvalue weighted by Crippen LogP contribution is -2.41. The maximum atomic E-state index is 13.5. The minimum atomic E-state index is -0.498. The average Bonchev–Trinajstić information content (AvgIpc) is 3.09. The minimum absolute atomic E-state index is 0.141. The molecule has 0 bridgehead atoms. The molecule has 1 amide bonds. The molecule has 156 valence electrons. The fourth-order valence-electron chi connectivity index (χ4n) is 3.66. The van der Waals surface area contributed by atoms with Crippen molar-refractivity contribution in [1.82, 2.24) is 14.9 Å². The molecule has 4 rings (SSSR count). The topological polar surface area (TPSA) is 71.8 Å². The maximum absolute atomic E-state index is 13.5. The monoisotopic (exact) mass is 425 g/mol. The first-order valence-corrected chi connectivity index (χ1v) is 10.8. The average molecular weight is 426 g/mol. The Balaban J connectivity index is 1.67. The summed E-state index contributed by atoms with van der Waals surface area (Å²) < 4.78 is 15.3. The van der Waals surface area contributed by atoms with Crippen LogP contribution in [0, 0.1) is 19.7 Å². The van der Waals surface area contributed by atoms with Gasteiger partial charge in [-0.1, -0.05) is 36.9 Å². The lowest BCUT2D eigenvalue weighted by molar-refractivity contribution is -0.116. The zero-order chi connectivity index (χ0) is 21.3. The van der Waals surface area contributed by atoms with Crippen molar-refractivity contribution >= 4 is 23.4 Å². The third-order valence-electron chi connectivity index (χ3n) is 4.95. The number of nitrogens with one attached hydrogen (secondary N) is 2. The number of anilines is 1. The number of aromatic nitrogens is 3. The standard InChI is InChI=1S/C22H24FN5OS/c1-4-5-18-25-26-22-28(18)27-19(15-6-8-16(23)9-7-15)20(30-22)21(29)24-17-11-13(2)10-14(3)12-17/h6-12,19-20,27H,4-5H2,1-3H3,(H,24,29)/t19-,20-/m0/s1. The van der Waals surface area contributed by atoms with Crippen molar-refractivity contribution in [2.75, 3.05) is 10.7 Å². The molecule has 0 fully saturated rings. The normalized spacial score (nSPS) is 17.9. The van der Waals surface area contributed by atoms with Crippen LogP contribution in [0.25, 0.3) is 0 Å². The van der Waals surface area contributed by atoms with E-state index in [1.807, 2.05) is 30.7 Å². The number of rotatable bonds is 5. The van der Waals surface area contributed by atoms with Gasteiger partial charge in [-0.25, -0.2) is 9.07 Å². The van der Waals surface area contributed by atoms with E-state index >= 15 is 0 Å². The van der Waals surface area contributed by atoms with Crippen molar-refractivity contribution < 1.29 is 9.18 Å². The van der Waals surface area contributed by atoms with Crippen molar-refractivity contribution in [3.05, 3.63) is 70.8 Å². The van der Waals surface area contributed by atoms with Crippen LogP contribution in [-0.4, -0.2) is 26.0 Å². The van der Waals surface area contributed by atoms with Crippen LogP contribution < -0.4 is 10.7 Å². The number of thioether (sulfide) groups is 1. The molecule has 0 saturated heterocycles. The molecule has 3 aromatic rings. The van der Waals surface area contributed by atoms with E-state index in [1.54, 1.807) is 12.1 Å². The van der Waals surface area contributed by atoms with Gasteiger partial charge in [0.1, 0.15) is 11.1 Å². The quantitative estimate of drug-likeness (QED) is 0.635. The Morgan fingerprint density at radius 3 is 2.53 bits per heavy atom. The van der Waals surface area contributed by atoms with Crippen LogP contribution in [0.15, 0.2) is 47.6 Å². The molecule has 0 spiro atoms.